The predicted octanol–water partition coefficient (Wildman–Crippen LogP) is 1.55. The largest absolute Gasteiger partial charge is 0.459 e. The zero-order valence-corrected chi connectivity index (χ0v) is 11.7. The smallest absolute Gasteiger partial charge is 0.338 e. The first-order valence-electron chi connectivity index (χ1n) is 7.18. The first-order valence-corrected chi connectivity index (χ1v) is 7.18. The number of benzene rings is 1. The number of amides is 2. The fourth-order valence-corrected chi connectivity index (χ4v) is 2.52. The third kappa shape index (κ3) is 3.16. The van der Waals surface area contributed by atoms with Crippen molar-refractivity contribution in [2.75, 3.05) is 31.2 Å². The maximum absolute atomic E-state index is 11.9. The van der Waals surface area contributed by atoms with E-state index in [0.717, 1.165) is 25.1 Å². The second kappa shape index (κ2) is 6.13. The molecule has 1 atom stereocenters. The van der Waals surface area contributed by atoms with Gasteiger partial charge in [-0.15, -0.1) is 0 Å². The number of hydrogen-bond donors (Lipinski definition) is 1. The van der Waals surface area contributed by atoms with Gasteiger partial charge in [-0.25, -0.2) is 9.59 Å². The third-order valence-electron chi connectivity index (χ3n) is 3.70. The average molecular weight is 290 g/mol. The highest BCUT2D eigenvalue weighted by Crippen LogP contribution is 2.18. The number of esters is 1. The monoisotopic (exact) mass is 290 g/mol. The minimum atomic E-state index is -0.358. The van der Waals surface area contributed by atoms with Gasteiger partial charge in [-0.05, 0) is 37.1 Å². The summed E-state index contributed by atoms with van der Waals surface area (Å²) in [5.74, 6) is -0.358. The maximum Gasteiger partial charge on any atom is 0.338 e. The van der Waals surface area contributed by atoms with Crippen molar-refractivity contribution in [3.8, 4) is 0 Å². The molecule has 2 aliphatic rings. The second-order valence-electron chi connectivity index (χ2n) is 5.16. The number of ether oxygens (including phenoxy) is 2. The highest BCUT2D eigenvalue weighted by molar-refractivity contribution is 5.95. The molecule has 0 bridgehead atoms. The SMILES string of the molecule is O=C(OC[C@H]1CCCO1)c1ccc(N2CCNC2=O)cc1. The molecule has 2 heterocycles. The lowest BCUT2D eigenvalue weighted by Gasteiger charge is -2.14. The molecule has 0 aliphatic carbocycles. The van der Waals surface area contributed by atoms with Crippen molar-refractivity contribution >= 4 is 17.7 Å². The van der Waals surface area contributed by atoms with Crippen LogP contribution in [0, 0.1) is 0 Å². The molecule has 2 fully saturated rings. The Labute approximate surface area is 123 Å². The molecule has 6 nitrogen and oxygen atoms in total. The van der Waals surface area contributed by atoms with Crippen LogP contribution in [-0.2, 0) is 9.47 Å². The molecule has 1 aromatic rings. The quantitative estimate of drug-likeness (QED) is 0.854. The summed E-state index contributed by atoms with van der Waals surface area (Å²) in [5, 5.41) is 2.74. The zero-order chi connectivity index (χ0) is 14.7. The molecule has 21 heavy (non-hydrogen) atoms. The maximum atomic E-state index is 11.9. The lowest BCUT2D eigenvalue weighted by atomic mass is 10.2. The molecule has 0 aromatic heterocycles. The third-order valence-corrected chi connectivity index (χ3v) is 3.70. The van der Waals surface area contributed by atoms with Crippen molar-refractivity contribution < 1.29 is 19.1 Å². The Balaban J connectivity index is 1.58. The van der Waals surface area contributed by atoms with Gasteiger partial charge in [0.25, 0.3) is 0 Å². The summed E-state index contributed by atoms with van der Waals surface area (Å²) >= 11 is 0. The summed E-state index contributed by atoms with van der Waals surface area (Å²) in [7, 11) is 0. The van der Waals surface area contributed by atoms with Gasteiger partial charge >= 0.3 is 12.0 Å². The number of carbonyl (C=O) groups is 2. The number of nitrogens with one attached hydrogen (secondary N) is 1. The van der Waals surface area contributed by atoms with E-state index in [0.29, 0.717) is 25.3 Å². The normalized spacial score (nSPS) is 21.4. The standard InChI is InChI=1S/C15H18N2O4/c18-14(21-10-13-2-1-9-20-13)11-3-5-12(6-4-11)17-8-7-16-15(17)19/h3-6,13H,1-2,7-10H2,(H,16,19)/t13-/m1/s1. The predicted molar refractivity (Wildman–Crippen MR) is 76.4 cm³/mol. The molecule has 6 heteroatoms. The molecule has 2 aliphatic heterocycles. The summed E-state index contributed by atoms with van der Waals surface area (Å²) in [6.45, 7) is 2.33. The van der Waals surface area contributed by atoms with Crippen molar-refractivity contribution in [1.29, 1.82) is 0 Å². The van der Waals surface area contributed by atoms with Crippen LogP contribution in [-0.4, -0.2) is 44.4 Å². The highest BCUT2D eigenvalue weighted by atomic mass is 16.6. The van der Waals surface area contributed by atoms with E-state index < -0.39 is 0 Å². The van der Waals surface area contributed by atoms with Crippen LogP contribution in [0.5, 0.6) is 0 Å². The van der Waals surface area contributed by atoms with E-state index in [2.05, 4.69) is 5.32 Å². The summed E-state index contributed by atoms with van der Waals surface area (Å²) in [5.41, 5.74) is 1.26. The zero-order valence-electron chi connectivity index (χ0n) is 11.7. The van der Waals surface area contributed by atoms with Gasteiger partial charge in [0, 0.05) is 25.4 Å². The number of anilines is 1. The Hall–Kier alpha value is -2.08. The van der Waals surface area contributed by atoms with E-state index in [-0.39, 0.29) is 18.1 Å². The minimum Gasteiger partial charge on any atom is -0.459 e. The molecule has 3 rings (SSSR count). The Morgan fingerprint density at radius 1 is 1.38 bits per heavy atom. The van der Waals surface area contributed by atoms with Crippen LogP contribution in [0.4, 0.5) is 10.5 Å². The van der Waals surface area contributed by atoms with Crippen molar-refractivity contribution in [2.45, 2.75) is 18.9 Å². The van der Waals surface area contributed by atoms with E-state index in [1.807, 2.05) is 0 Å². The topological polar surface area (TPSA) is 67.9 Å². The van der Waals surface area contributed by atoms with E-state index in [1.165, 1.54) is 0 Å². The molecule has 0 unspecified atom stereocenters. The fourth-order valence-electron chi connectivity index (χ4n) is 2.52. The van der Waals surface area contributed by atoms with E-state index in [9.17, 15) is 9.59 Å². The van der Waals surface area contributed by atoms with Crippen LogP contribution in [0.15, 0.2) is 24.3 Å². The summed E-state index contributed by atoms with van der Waals surface area (Å²) in [6, 6.07) is 6.77. The number of nitrogens with zero attached hydrogens (tertiary/aromatic N) is 1. The van der Waals surface area contributed by atoms with Gasteiger partial charge in [0.15, 0.2) is 0 Å². The van der Waals surface area contributed by atoms with Crippen molar-refractivity contribution in [3.05, 3.63) is 29.8 Å². The molecule has 0 radical (unpaired) electrons. The molecule has 2 amide bonds. The Kier molecular flexibility index (Phi) is 4.06. The van der Waals surface area contributed by atoms with Gasteiger partial charge in [-0.1, -0.05) is 0 Å². The molecule has 2 saturated heterocycles. The number of urea groups is 1. The van der Waals surface area contributed by atoms with Crippen LogP contribution in [0.25, 0.3) is 0 Å². The van der Waals surface area contributed by atoms with Gasteiger partial charge < -0.3 is 14.8 Å². The van der Waals surface area contributed by atoms with Crippen molar-refractivity contribution in [3.63, 3.8) is 0 Å². The average Bonchev–Trinajstić information content (AvgIpc) is 3.16. The Bertz CT molecular complexity index is 523. The molecular weight excluding hydrogens is 272 g/mol. The fraction of sp³-hybridized carbons (Fsp3) is 0.467. The molecule has 0 spiro atoms. The summed E-state index contributed by atoms with van der Waals surface area (Å²) < 4.78 is 10.7. The van der Waals surface area contributed by atoms with Crippen molar-refractivity contribution in [1.82, 2.24) is 5.32 Å². The number of carbonyl (C=O) groups excluding carboxylic acids is 2. The van der Waals surface area contributed by atoms with Crippen LogP contribution in [0.3, 0.4) is 0 Å². The van der Waals surface area contributed by atoms with Gasteiger partial charge in [0.05, 0.1) is 11.7 Å². The number of hydrogen-bond acceptors (Lipinski definition) is 4. The van der Waals surface area contributed by atoms with Gasteiger partial charge in [0.2, 0.25) is 0 Å². The number of rotatable bonds is 4. The van der Waals surface area contributed by atoms with Gasteiger partial charge in [-0.3, -0.25) is 4.90 Å². The highest BCUT2D eigenvalue weighted by Gasteiger charge is 2.22. The van der Waals surface area contributed by atoms with Gasteiger partial charge in [0.1, 0.15) is 6.61 Å². The second-order valence-corrected chi connectivity index (χ2v) is 5.16. The van der Waals surface area contributed by atoms with Crippen LogP contribution in [0.1, 0.15) is 23.2 Å². The van der Waals surface area contributed by atoms with E-state index >= 15 is 0 Å². The Morgan fingerprint density at radius 3 is 2.81 bits per heavy atom. The molecule has 1 aromatic carbocycles. The minimum absolute atomic E-state index is 0.0292. The first-order chi connectivity index (χ1) is 10.2. The molecule has 1 N–H and O–H groups in total. The molecule has 0 saturated carbocycles. The van der Waals surface area contributed by atoms with Crippen LogP contribution < -0.4 is 10.2 Å². The first kappa shape index (κ1) is 13.9. The van der Waals surface area contributed by atoms with Gasteiger partial charge in [-0.2, -0.15) is 0 Å². The molecule has 112 valence electrons. The lowest BCUT2D eigenvalue weighted by molar-refractivity contribution is 0.0161. The van der Waals surface area contributed by atoms with Crippen LogP contribution >= 0.6 is 0 Å². The summed E-state index contributed by atoms with van der Waals surface area (Å²) in [6.07, 6.45) is 1.99. The Morgan fingerprint density at radius 2 is 2.19 bits per heavy atom. The lowest BCUT2D eigenvalue weighted by Crippen LogP contribution is -2.27. The molecular formula is C15H18N2O4. The summed E-state index contributed by atoms with van der Waals surface area (Å²) in [4.78, 5) is 25.1. The van der Waals surface area contributed by atoms with E-state index in [1.54, 1.807) is 29.2 Å². The van der Waals surface area contributed by atoms with Crippen LogP contribution in [0.2, 0.25) is 0 Å². The van der Waals surface area contributed by atoms with E-state index in [4.69, 9.17) is 9.47 Å². The van der Waals surface area contributed by atoms with Crippen molar-refractivity contribution in [2.24, 2.45) is 0 Å².